The van der Waals surface area contributed by atoms with Crippen LogP contribution in [0, 0.1) is 13.8 Å². The van der Waals surface area contributed by atoms with Crippen LogP contribution in [0.4, 0.5) is 0 Å². The molecule has 180 valence electrons. The van der Waals surface area contributed by atoms with Crippen molar-refractivity contribution in [3.05, 3.63) is 77.1 Å². The Labute approximate surface area is 204 Å². The van der Waals surface area contributed by atoms with Crippen molar-refractivity contribution in [2.45, 2.75) is 32.2 Å². The van der Waals surface area contributed by atoms with E-state index in [1.54, 1.807) is 30.9 Å². The Hall–Kier alpha value is -3.65. The highest BCUT2D eigenvalue weighted by Crippen LogP contribution is 2.31. The van der Waals surface area contributed by atoms with Crippen LogP contribution in [0.25, 0.3) is 22.2 Å². The molecule has 4 aromatic rings. The second-order valence-electron chi connectivity index (χ2n) is 8.83. The van der Waals surface area contributed by atoms with E-state index in [2.05, 4.69) is 22.1 Å². The molecule has 0 fully saturated rings. The van der Waals surface area contributed by atoms with E-state index >= 15 is 0 Å². The zero-order valence-corrected chi connectivity index (χ0v) is 20.8. The van der Waals surface area contributed by atoms with Gasteiger partial charge in [0.25, 0.3) is 5.91 Å². The maximum atomic E-state index is 13.4. The predicted octanol–water partition coefficient (Wildman–Crippen LogP) is 4.68. The van der Waals surface area contributed by atoms with E-state index in [1.165, 1.54) is 6.07 Å². The standard InChI is InChI=1S/C27H27N3O4S/c1-4-35(32,33)22-7-8-23(17(2)13-22)27(31)30-11-12-34-26-10-6-19(14-21(26)16-30)20-5-9-24-25(15-20)29-18(3)28-24/h5-10,13-15H,4,11-12,16H2,1-3H3,(H,28,29). The number of carbonyl (C=O) groups is 1. The predicted molar refractivity (Wildman–Crippen MR) is 135 cm³/mol. The number of aromatic nitrogens is 2. The maximum absolute atomic E-state index is 13.4. The normalized spacial score (nSPS) is 13.9. The highest BCUT2D eigenvalue weighted by atomic mass is 32.2. The molecule has 0 radical (unpaired) electrons. The molecule has 0 atom stereocenters. The van der Waals surface area contributed by atoms with Crippen LogP contribution in [0.1, 0.15) is 34.2 Å². The summed E-state index contributed by atoms with van der Waals surface area (Å²) in [6.45, 7) is 6.55. The molecule has 1 N–H and O–H groups in total. The fourth-order valence-corrected chi connectivity index (χ4v) is 5.44. The summed E-state index contributed by atoms with van der Waals surface area (Å²) in [6, 6.07) is 16.9. The zero-order chi connectivity index (χ0) is 24.7. The molecule has 5 rings (SSSR count). The van der Waals surface area contributed by atoms with Crippen LogP contribution >= 0.6 is 0 Å². The quantitative estimate of drug-likeness (QED) is 0.450. The second kappa shape index (κ2) is 8.85. The van der Waals surface area contributed by atoms with Crippen LogP contribution in [-0.4, -0.2) is 48.1 Å². The fraction of sp³-hybridized carbons (Fsp3) is 0.259. The number of carbonyl (C=O) groups excluding carboxylic acids is 1. The Kier molecular flexibility index (Phi) is 5.84. The van der Waals surface area contributed by atoms with E-state index in [4.69, 9.17) is 4.74 Å². The molecule has 0 saturated heterocycles. The Bertz CT molecular complexity index is 1560. The minimum Gasteiger partial charge on any atom is -0.491 e. The number of aryl methyl sites for hydroxylation is 2. The number of nitrogens with zero attached hydrogens (tertiary/aromatic N) is 2. The van der Waals surface area contributed by atoms with Gasteiger partial charge in [0.05, 0.1) is 28.2 Å². The summed E-state index contributed by atoms with van der Waals surface area (Å²) in [7, 11) is -3.33. The topological polar surface area (TPSA) is 92.4 Å². The Balaban J connectivity index is 1.44. The van der Waals surface area contributed by atoms with E-state index in [0.717, 1.165) is 39.3 Å². The molecule has 0 spiro atoms. The molecule has 0 unspecified atom stereocenters. The van der Waals surface area contributed by atoms with Gasteiger partial charge in [-0.25, -0.2) is 13.4 Å². The largest absolute Gasteiger partial charge is 0.491 e. The van der Waals surface area contributed by atoms with Crippen molar-refractivity contribution in [1.82, 2.24) is 14.9 Å². The molecule has 0 aliphatic carbocycles. The van der Waals surface area contributed by atoms with Crippen LogP contribution in [-0.2, 0) is 16.4 Å². The van der Waals surface area contributed by atoms with Crippen molar-refractivity contribution in [2.75, 3.05) is 18.9 Å². The molecule has 35 heavy (non-hydrogen) atoms. The number of fused-ring (bicyclic) bond motifs is 2. The van der Waals surface area contributed by atoms with Crippen molar-refractivity contribution in [3.63, 3.8) is 0 Å². The molecule has 1 aliphatic heterocycles. The van der Waals surface area contributed by atoms with E-state index in [9.17, 15) is 13.2 Å². The number of imidazole rings is 1. The lowest BCUT2D eigenvalue weighted by atomic mass is 10.0. The first-order chi connectivity index (χ1) is 16.7. The maximum Gasteiger partial charge on any atom is 0.254 e. The Morgan fingerprint density at radius 1 is 1.06 bits per heavy atom. The monoisotopic (exact) mass is 489 g/mol. The zero-order valence-electron chi connectivity index (χ0n) is 20.0. The molecule has 1 aromatic heterocycles. The average molecular weight is 490 g/mol. The number of amides is 1. The molecule has 3 aromatic carbocycles. The van der Waals surface area contributed by atoms with Crippen molar-refractivity contribution < 1.29 is 17.9 Å². The third-order valence-corrected chi connectivity index (χ3v) is 8.16. The summed E-state index contributed by atoms with van der Waals surface area (Å²) in [5.41, 5.74) is 6.06. The minimum absolute atomic E-state index is 0.0230. The van der Waals surface area contributed by atoms with Gasteiger partial charge in [-0.05, 0) is 73.0 Å². The first kappa shape index (κ1) is 23.1. The summed E-state index contributed by atoms with van der Waals surface area (Å²) in [5, 5.41) is 0. The van der Waals surface area contributed by atoms with Crippen molar-refractivity contribution in [3.8, 4) is 16.9 Å². The Morgan fingerprint density at radius 2 is 1.83 bits per heavy atom. The van der Waals surface area contributed by atoms with E-state index < -0.39 is 9.84 Å². The van der Waals surface area contributed by atoms with Crippen molar-refractivity contribution >= 4 is 26.8 Å². The van der Waals surface area contributed by atoms with Crippen molar-refractivity contribution in [1.29, 1.82) is 0 Å². The van der Waals surface area contributed by atoms with E-state index in [1.807, 2.05) is 31.2 Å². The Morgan fingerprint density at radius 3 is 2.60 bits per heavy atom. The van der Waals surface area contributed by atoms with Gasteiger partial charge in [-0.2, -0.15) is 0 Å². The van der Waals surface area contributed by atoms with Gasteiger partial charge in [0.15, 0.2) is 9.84 Å². The number of hydrogen-bond acceptors (Lipinski definition) is 5. The number of benzene rings is 3. The number of nitrogens with one attached hydrogen (secondary N) is 1. The number of rotatable bonds is 4. The first-order valence-electron chi connectivity index (χ1n) is 11.6. The number of aromatic amines is 1. The van der Waals surface area contributed by atoms with Crippen LogP contribution in [0.3, 0.4) is 0 Å². The molecular formula is C27H27N3O4S. The molecule has 1 amide bonds. The van der Waals surface area contributed by atoms with Crippen molar-refractivity contribution in [2.24, 2.45) is 0 Å². The molecule has 2 heterocycles. The fourth-order valence-electron chi connectivity index (χ4n) is 4.47. The lowest BCUT2D eigenvalue weighted by molar-refractivity contribution is 0.0732. The minimum atomic E-state index is -3.33. The highest BCUT2D eigenvalue weighted by Gasteiger charge is 2.24. The van der Waals surface area contributed by atoms with Crippen LogP contribution < -0.4 is 4.74 Å². The second-order valence-corrected chi connectivity index (χ2v) is 11.1. The molecule has 8 heteroatoms. The summed E-state index contributed by atoms with van der Waals surface area (Å²) < 4.78 is 30.4. The number of ether oxygens (including phenoxy) is 1. The third kappa shape index (κ3) is 4.41. The van der Waals surface area contributed by atoms with Gasteiger partial charge in [0.2, 0.25) is 0 Å². The SMILES string of the molecule is CCS(=O)(=O)c1ccc(C(=O)N2CCOc3ccc(-c4ccc5nc(C)[nH]c5c4)cc3C2)c(C)c1. The molecule has 7 nitrogen and oxygen atoms in total. The van der Waals surface area contributed by atoms with E-state index in [0.29, 0.717) is 30.8 Å². The van der Waals surface area contributed by atoms with Crippen LogP contribution in [0.15, 0.2) is 59.5 Å². The van der Waals surface area contributed by atoms with Gasteiger partial charge in [-0.15, -0.1) is 0 Å². The number of hydrogen-bond donors (Lipinski definition) is 1. The molecule has 0 saturated carbocycles. The third-order valence-electron chi connectivity index (χ3n) is 6.43. The molecular weight excluding hydrogens is 462 g/mol. The first-order valence-corrected chi connectivity index (χ1v) is 13.3. The van der Waals surface area contributed by atoms with Crippen LogP contribution in [0.2, 0.25) is 0 Å². The van der Waals surface area contributed by atoms with Gasteiger partial charge >= 0.3 is 0 Å². The highest BCUT2D eigenvalue weighted by molar-refractivity contribution is 7.91. The lowest BCUT2D eigenvalue weighted by Gasteiger charge is -2.21. The van der Waals surface area contributed by atoms with Gasteiger partial charge in [0, 0.05) is 17.7 Å². The van der Waals surface area contributed by atoms with Gasteiger partial charge < -0.3 is 14.6 Å². The summed E-state index contributed by atoms with van der Waals surface area (Å²) in [4.78, 5) is 23.2. The number of sulfone groups is 1. The summed E-state index contributed by atoms with van der Waals surface area (Å²) in [6.07, 6.45) is 0. The van der Waals surface area contributed by atoms with Gasteiger partial charge in [0.1, 0.15) is 18.2 Å². The van der Waals surface area contributed by atoms with Gasteiger partial charge in [-0.3, -0.25) is 4.79 Å². The van der Waals surface area contributed by atoms with E-state index in [-0.39, 0.29) is 16.6 Å². The smallest absolute Gasteiger partial charge is 0.254 e. The molecule has 0 bridgehead atoms. The average Bonchev–Trinajstić information content (AvgIpc) is 3.09. The van der Waals surface area contributed by atoms with Crippen LogP contribution in [0.5, 0.6) is 5.75 Å². The summed E-state index contributed by atoms with van der Waals surface area (Å²) in [5.74, 6) is 1.52. The van der Waals surface area contributed by atoms with Gasteiger partial charge in [-0.1, -0.05) is 19.1 Å². The summed E-state index contributed by atoms with van der Waals surface area (Å²) >= 11 is 0. The lowest BCUT2D eigenvalue weighted by Crippen LogP contribution is -2.33. The molecule has 1 aliphatic rings. The number of H-pyrrole nitrogens is 1.